The Morgan fingerprint density at radius 3 is 2.30 bits per heavy atom. The van der Waals surface area contributed by atoms with Crippen LogP contribution in [-0.2, 0) is 0 Å². The number of nitrogens with zero attached hydrogens (tertiary/aromatic N) is 1. The van der Waals surface area contributed by atoms with Gasteiger partial charge in [0.05, 0.1) is 10.7 Å². The van der Waals surface area contributed by atoms with Gasteiger partial charge >= 0.3 is 0 Å². The molecule has 0 saturated heterocycles. The molecule has 3 nitrogen and oxygen atoms in total. The third-order valence-electron chi connectivity index (χ3n) is 3.00. The van der Waals surface area contributed by atoms with Gasteiger partial charge in [-0.3, -0.25) is 4.79 Å². The Bertz CT molecular complexity index is 637. The Balaban J connectivity index is 2.32. The van der Waals surface area contributed by atoms with Crippen molar-refractivity contribution < 1.29 is 4.79 Å². The van der Waals surface area contributed by atoms with Crippen LogP contribution in [0.2, 0.25) is 5.02 Å². The van der Waals surface area contributed by atoms with E-state index in [1.54, 1.807) is 6.07 Å². The summed E-state index contributed by atoms with van der Waals surface area (Å²) in [6.45, 7) is 7.70. The van der Waals surface area contributed by atoms with Crippen molar-refractivity contribution in [1.29, 1.82) is 0 Å². The molecule has 2 aromatic rings. The summed E-state index contributed by atoms with van der Waals surface area (Å²) >= 11 is 6.19. The van der Waals surface area contributed by atoms with E-state index in [2.05, 4.69) is 10.3 Å². The predicted molar refractivity (Wildman–Crippen MR) is 82.6 cm³/mol. The van der Waals surface area contributed by atoms with E-state index in [4.69, 9.17) is 11.6 Å². The molecule has 0 bridgehead atoms. The lowest BCUT2D eigenvalue weighted by atomic mass is 10.1. The van der Waals surface area contributed by atoms with Gasteiger partial charge in [-0.05, 0) is 62.6 Å². The third-order valence-corrected chi connectivity index (χ3v) is 3.30. The summed E-state index contributed by atoms with van der Waals surface area (Å²) in [4.78, 5) is 16.5. The Morgan fingerprint density at radius 1 is 1.05 bits per heavy atom. The van der Waals surface area contributed by atoms with Gasteiger partial charge in [0, 0.05) is 5.69 Å². The van der Waals surface area contributed by atoms with Crippen molar-refractivity contribution in [3.63, 3.8) is 0 Å². The minimum absolute atomic E-state index is 0.245. The maximum Gasteiger partial charge on any atom is 0.274 e. The van der Waals surface area contributed by atoms with E-state index in [1.165, 1.54) is 0 Å². The lowest BCUT2D eigenvalue weighted by Gasteiger charge is -2.11. The molecule has 2 rings (SSSR count). The Kier molecular flexibility index (Phi) is 4.09. The molecule has 0 aliphatic carbocycles. The van der Waals surface area contributed by atoms with E-state index in [0.717, 1.165) is 22.4 Å². The number of hydrogen-bond donors (Lipinski definition) is 1. The van der Waals surface area contributed by atoms with Gasteiger partial charge in [0.2, 0.25) is 0 Å². The van der Waals surface area contributed by atoms with Crippen molar-refractivity contribution in [3.05, 3.63) is 57.4 Å². The summed E-state index contributed by atoms with van der Waals surface area (Å²) in [6, 6.07) is 7.51. The molecule has 0 aliphatic rings. The average molecular weight is 289 g/mol. The van der Waals surface area contributed by atoms with Gasteiger partial charge in [0.25, 0.3) is 5.91 Å². The highest BCUT2D eigenvalue weighted by molar-refractivity contribution is 6.34. The van der Waals surface area contributed by atoms with E-state index in [0.29, 0.717) is 16.4 Å². The fraction of sp³-hybridized carbons (Fsp3) is 0.250. The predicted octanol–water partition coefficient (Wildman–Crippen LogP) is 4.22. The summed E-state index contributed by atoms with van der Waals surface area (Å²) in [5, 5.41) is 3.38. The second-order valence-electron chi connectivity index (χ2n) is 5.06. The van der Waals surface area contributed by atoms with Crippen LogP contribution in [0.3, 0.4) is 0 Å². The fourth-order valence-corrected chi connectivity index (χ4v) is 2.58. The number of benzene rings is 1. The monoisotopic (exact) mass is 288 g/mol. The van der Waals surface area contributed by atoms with Crippen molar-refractivity contribution in [2.45, 2.75) is 27.7 Å². The van der Waals surface area contributed by atoms with Gasteiger partial charge in [-0.1, -0.05) is 17.7 Å². The van der Waals surface area contributed by atoms with E-state index in [1.807, 2.05) is 45.9 Å². The SMILES string of the molecule is Cc1cc(C)nc(C(=O)Nc2c(C)cc(C)cc2Cl)c1. The molecule has 0 atom stereocenters. The van der Waals surface area contributed by atoms with Crippen LogP contribution in [0.25, 0.3) is 0 Å². The second-order valence-corrected chi connectivity index (χ2v) is 5.47. The lowest BCUT2D eigenvalue weighted by molar-refractivity contribution is 0.102. The zero-order chi connectivity index (χ0) is 14.9. The quantitative estimate of drug-likeness (QED) is 0.899. The molecule has 0 radical (unpaired) electrons. The molecule has 1 aromatic carbocycles. The van der Waals surface area contributed by atoms with Crippen molar-refractivity contribution in [2.24, 2.45) is 0 Å². The highest BCUT2D eigenvalue weighted by Gasteiger charge is 2.13. The smallest absolute Gasteiger partial charge is 0.274 e. The maximum atomic E-state index is 12.3. The first kappa shape index (κ1) is 14.5. The summed E-state index contributed by atoms with van der Waals surface area (Å²) < 4.78 is 0. The summed E-state index contributed by atoms with van der Waals surface area (Å²) in [7, 11) is 0. The van der Waals surface area contributed by atoms with E-state index >= 15 is 0 Å². The number of halogens is 1. The second kappa shape index (κ2) is 5.63. The number of pyridine rings is 1. The molecule has 1 N–H and O–H groups in total. The first-order chi connectivity index (χ1) is 9.36. The van der Waals surface area contributed by atoms with E-state index in [-0.39, 0.29) is 5.91 Å². The van der Waals surface area contributed by atoms with Crippen LogP contribution in [-0.4, -0.2) is 10.9 Å². The molecule has 104 valence electrons. The van der Waals surface area contributed by atoms with E-state index < -0.39 is 0 Å². The fourth-order valence-electron chi connectivity index (χ4n) is 2.21. The third kappa shape index (κ3) is 3.17. The number of amides is 1. The average Bonchev–Trinajstić information content (AvgIpc) is 2.32. The van der Waals surface area contributed by atoms with Crippen molar-refractivity contribution in [2.75, 3.05) is 5.32 Å². The number of anilines is 1. The molecular weight excluding hydrogens is 272 g/mol. The molecule has 1 amide bonds. The molecule has 0 unspecified atom stereocenters. The molecule has 0 saturated carbocycles. The van der Waals surface area contributed by atoms with Gasteiger partial charge in [-0.15, -0.1) is 0 Å². The Hall–Kier alpha value is -1.87. The number of aryl methyl sites for hydroxylation is 4. The van der Waals surface area contributed by atoms with Gasteiger partial charge < -0.3 is 5.32 Å². The molecule has 4 heteroatoms. The lowest BCUT2D eigenvalue weighted by Crippen LogP contribution is -2.15. The number of hydrogen-bond acceptors (Lipinski definition) is 2. The zero-order valence-electron chi connectivity index (χ0n) is 12.0. The molecule has 1 aromatic heterocycles. The number of carbonyl (C=O) groups excluding carboxylic acids is 1. The number of nitrogens with one attached hydrogen (secondary N) is 1. The molecule has 0 spiro atoms. The minimum atomic E-state index is -0.245. The first-order valence-electron chi connectivity index (χ1n) is 6.40. The van der Waals surface area contributed by atoms with E-state index in [9.17, 15) is 4.79 Å². The standard InChI is InChI=1S/C16H17ClN2O/c1-9-5-11(3)15(13(17)7-9)19-16(20)14-8-10(2)6-12(4)18-14/h5-8H,1-4H3,(H,19,20). The van der Waals surface area contributed by atoms with Crippen LogP contribution in [0.1, 0.15) is 32.9 Å². The van der Waals surface area contributed by atoms with Crippen molar-refractivity contribution in [3.8, 4) is 0 Å². The van der Waals surface area contributed by atoms with Crippen molar-refractivity contribution in [1.82, 2.24) is 4.98 Å². The number of carbonyl (C=O) groups is 1. The zero-order valence-corrected chi connectivity index (χ0v) is 12.8. The van der Waals surface area contributed by atoms with Crippen LogP contribution in [0.15, 0.2) is 24.3 Å². The molecule has 20 heavy (non-hydrogen) atoms. The minimum Gasteiger partial charge on any atom is -0.319 e. The first-order valence-corrected chi connectivity index (χ1v) is 6.78. The normalized spacial score (nSPS) is 10.4. The van der Waals surface area contributed by atoms with Crippen LogP contribution < -0.4 is 5.32 Å². The Labute approximate surface area is 124 Å². The van der Waals surface area contributed by atoms with Crippen molar-refractivity contribution >= 4 is 23.2 Å². The maximum absolute atomic E-state index is 12.3. The summed E-state index contributed by atoms with van der Waals surface area (Å²) in [6.07, 6.45) is 0. The summed E-state index contributed by atoms with van der Waals surface area (Å²) in [5.74, 6) is -0.245. The van der Waals surface area contributed by atoms with Gasteiger partial charge in [-0.25, -0.2) is 4.98 Å². The largest absolute Gasteiger partial charge is 0.319 e. The van der Waals surface area contributed by atoms with Crippen LogP contribution in [0.5, 0.6) is 0 Å². The van der Waals surface area contributed by atoms with Crippen LogP contribution in [0, 0.1) is 27.7 Å². The molecule has 0 aliphatic heterocycles. The van der Waals surface area contributed by atoms with Gasteiger partial charge in [0.1, 0.15) is 5.69 Å². The highest BCUT2D eigenvalue weighted by atomic mass is 35.5. The Morgan fingerprint density at radius 2 is 1.70 bits per heavy atom. The molecular formula is C16H17ClN2O. The number of aromatic nitrogens is 1. The molecule has 1 heterocycles. The number of rotatable bonds is 2. The topological polar surface area (TPSA) is 42.0 Å². The van der Waals surface area contributed by atoms with Gasteiger partial charge in [0.15, 0.2) is 0 Å². The summed E-state index contributed by atoms with van der Waals surface area (Å²) in [5.41, 5.74) is 4.88. The highest BCUT2D eigenvalue weighted by Crippen LogP contribution is 2.27. The van der Waals surface area contributed by atoms with Crippen LogP contribution in [0.4, 0.5) is 5.69 Å². The van der Waals surface area contributed by atoms with Crippen LogP contribution >= 0.6 is 11.6 Å². The van der Waals surface area contributed by atoms with Gasteiger partial charge in [-0.2, -0.15) is 0 Å². The molecule has 0 fully saturated rings.